The lowest BCUT2D eigenvalue weighted by Gasteiger charge is -2.28. The van der Waals surface area contributed by atoms with Crippen molar-refractivity contribution < 1.29 is 38.1 Å². The van der Waals surface area contributed by atoms with Gasteiger partial charge in [-0.25, -0.2) is 4.79 Å². The fourth-order valence-corrected chi connectivity index (χ4v) is 3.41. The maximum absolute atomic E-state index is 12.7. The van der Waals surface area contributed by atoms with E-state index < -0.39 is 41.6 Å². The molecule has 9 nitrogen and oxygen atoms in total. The highest BCUT2D eigenvalue weighted by Gasteiger charge is 2.48. The van der Waals surface area contributed by atoms with E-state index >= 15 is 0 Å². The van der Waals surface area contributed by atoms with Gasteiger partial charge in [0.15, 0.2) is 5.92 Å². The Morgan fingerprint density at radius 1 is 0.903 bits per heavy atom. The average Bonchev–Trinajstić information content (AvgIpc) is 2.98. The van der Waals surface area contributed by atoms with Crippen molar-refractivity contribution >= 4 is 23.9 Å². The van der Waals surface area contributed by atoms with E-state index in [9.17, 15) is 19.2 Å². The molecule has 1 aliphatic heterocycles. The molecule has 0 saturated carbocycles. The topological polar surface area (TPSA) is 108 Å². The molecule has 2 rings (SSSR count). The molecule has 0 spiro atoms. The summed E-state index contributed by atoms with van der Waals surface area (Å²) in [4.78, 5) is 52.0. The summed E-state index contributed by atoms with van der Waals surface area (Å²) in [6.45, 7) is 0.361. The molecule has 0 aliphatic carbocycles. The minimum Gasteiger partial charge on any atom is -0.469 e. The van der Waals surface area contributed by atoms with Gasteiger partial charge in [-0.2, -0.15) is 0 Å². The highest BCUT2D eigenvalue weighted by Crippen LogP contribution is 2.36. The molecular weight excluding hydrogens is 406 g/mol. The van der Waals surface area contributed by atoms with E-state index in [0.29, 0.717) is 6.54 Å². The van der Waals surface area contributed by atoms with Crippen molar-refractivity contribution in [1.29, 1.82) is 0 Å². The van der Waals surface area contributed by atoms with Crippen molar-refractivity contribution in [3.8, 4) is 0 Å². The number of ether oxygens (including phenoxy) is 4. The first-order chi connectivity index (χ1) is 14.9. The quantitative estimate of drug-likeness (QED) is 0.360. The monoisotopic (exact) mass is 431 g/mol. The molecule has 1 aromatic carbocycles. The lowest BCUT2D eigenvalue weighted by atomic mass is 9.76. The molecule has 0 radical (unpaired) electrons. The first-order valence-electron chi connectivity index (χ1n) is 9.39. The van der Waals surface area contributed by atoms with Crippen LogP contribution in [-0.2, 0) is 44.7 Å². The van der Waals surface area contributed by atoms with Crippen molar-refractivity contribution in [2.24, 2.45) is 17.8 Å². The lowest BCUT2D eigenvalue weighted by molar-refractivity contribution is -0.163. The zero-order chi connectivity index (χ0) is 23.0. The second-order valence-electron chi connectivity index (χ2n) is 6.67. The van der Waals surface area contributed by atoms with Gasteiger partial charge in [0.1, 0.15) is 0 Å². The van der Waals surface area contributed by atoms with E-state index in [4.69, 9.17) is 18.9 Å². The third-order valence-corrected chi connectivity index (χ3v) is 4.91. The van der Waals surface area contributed by atoms with Crippen LogP contribution < -0.4 is 0 Å². The van der Waals surface area contributed by atoms with Gasteiger partial charge in [0.05, 0.1) is 39.9 Å². The molecule has 31 heavy (non-hydrogen) atoms. The molecule has 0 bridgehead atoms. The molecule has 1 heterocycles. The predicted octanol–water partition coefficient (Wildman–Crippen LogP) is 1.44. The van der Waals surface area contributed by atoms with Crippen LogP contribution in [0.15, 0.2) is 54.4 Å². The van der Waals surface area contributed by atoms with Gasteiger partial charge in [0, 0.05) is 24.9 Å². The van der Waals surface area contributed by atoms with Gasteiger partial charge in [-0.05, 0) is 5.56 Å². The van der Waals surface area contributed by atoms with Gasteiger partial charge in [0.2, 0.25) is 0 Å². The summed E-state index contributed by atoms with van der Waals surface area (Å²) in [5, 5.41) is 0. The second kappa shape index (κ2) is 11.0. The van der Waals surface area contributed by atoms with Crippen molar-refractivity contribution in [1.82, 2.24) is 4.90 Å². The standard InChI is InChI=1S/C22H25NO8/c1-28-19(24)15-10-11-23(12-14-8-6-5-7-9-14)13-16(20(25)29-2)17(15)18(21(26)30-3)22(27)31-4/h5-11,13,15,17-18H,12H2,1-4H3/t15-,17-/m0/s1. The molecule has 0 N–H and O–H groups in total. The molecule has 2 atom stereocenters. The van der Waals surface area contributed by atoms with Crippen LogP contribution in [0, 0.1) is 17.8 Å². The van der Waals surface area contributed by atoms with Gasteiger partial charge in [-0.15, -0.1) is 0 Å². The lowest BCUT2D eigenvalue weighted by Crippen LogP contribution is -2.42. The summed E-state index contributed by atoms with van der Waals surface area (Å²) in [5.41, 5.74) is 0.859. The summed E-state index contributed by atoms with van der Waals surface area (Å²) in [7, 11) is 4.54. The Morgan fingerprint density at radius 3 is 2.03 bits per heavy atom. The maximum Gasteiger partial charge on any atom is 0.335 e. The number of methoxy groups -OCH3 is 4. The van der Waals surface area contributed by atoms with Crippen molar-refractivity contribution in [2.45, 2.75) is 6.54 Å². The van der Waals surface area contributed by atoms with Crippen LogP contribution in [0.5, 0.6) is 0 Å². The fraction of sp³-hybridized carbons (Fsp3) is 0.364. The second-order valence-corrected chi connectivity index (χ2v) is 6.67. The minimum atomic E-state index is -1.59. The number of nitrogens with zero attached hydrogens (tertiary/aromatic N) is 1. The van der Waals surface area contributed by atoms with Crippen LogP contribution >= 0.6 is 0 Å². The number of benzene rings is 1. The number of hydrogen-bond acceptors (Lipinski definition) is 9. The smallest absolute Gasteiger partial charge is 0.335 e. The molecule has 166 valence electrons. The fourth-order valence-electron chi connectivity index (χ4n) is 3.41. The Balaban J connectivity index is 2.64. The molecule has 0 saturated heterocycles. The van der Waals surface area contributed by atoms with Crippen LogP contribution in [0.1, 0.15) is 5.56 Å². The highest BCUT2D eigenvalue weighted by atomic mass is 16.5. The normalized spacial score (nSPS) is 18.0. The van der Waals surface area contributed by atoms with Crippen LogP contribution in [0.4, 0.5) is 0 Å². The zero-order valence-corrected chi connectivity index (χ0v) is 17.8. The molecule has 0 amide bonds. The predicted molar refractivity (Wildman–Crippen MR) is 108 cm³/mol. The summed E-state index contributed by atoms with van der Waals surface area (Å²) < 4.78 is 19.3. The van der Waals surface area contributed by atoms with Crippen LogP contribution in [0.2, 0.25) is 0 Å². The van der Waals surface area contributed by atoms with Crippen molar-refractivity contribution in [3.63, 3.8) is 0 Å². The Labute approximate surface area is 180 Å². The number of rotatable bonds is 7. The van der Waals surface area contributed by atoms with E-state index in [1.165, 1.54) is 26.5 Å². The number of carbonyl (C=O) groups excluding carboxylic acids is 4. The first-order valence-corrected chi connectivity index (χ1v) is 9.39. The first kappa shape index (κ1) is 23.7. The van der Waals surface area contributed by atoms with E-state index in [2.05, 4.69) is 0 Å². The molecule has 0 unspecified atom stereocenters. The Kier molecular flexibility index (Phi) is 8.36. The van der Waals surface area contributed by atoms with E-state index in [0.717, 1.165) is 19.8 Å². The van der Waals surface area contributed by atoms with E-state index in [1.807, 2.05) is 30.3 Å². The maximum atomic E-state index is 12.7. The van der Waals surface area contributed by atoms with E-state index in [1.54, 1.807) is 11.1 Å². The van der Waals surface area contributed by atoms with E-state index in [-0.39, 0.29) is 5.57 Å². The minimum absolute atomic E-state index is 0.0698. The number of esters is 4. The Hall–Kier alpha value is -3.62. The van der Waals surface area contributed by atoms with Crippen LogP contribution in [0.3, 0.4) is 0 Å². The average molecular weight is 431 g/mol. The Bertz CT molecular complexity index is 861. The Morgan fingerprint density at radius 2 is 1.52 bits per heavy atom. The van der Waals surface area contributed by atoms with Crippen molar-refractivity contribution in [2.75, 3.05) is 28.4 Å². The van der Waals surface area contributed by atoms with Gasteiger partial charge in [-0.1, -0.05) is 36.4 Å². The van der Waals surface area contributed by atoms with Gasteiger partial charge >= 0.3 is 23.9 Å². The number of carbonyl (C=O) groups is 4. The van der Waals surface area contributed by atoms with Crippen molar-refractivity contribution in [3.05, 3.63) is 59.9 Å². The molecular formula is C22H25NO8. The summed E-state index contributed by atoms with van der Waals surface area (Å²) >= 11 is 0. The summed E-state index contributed by atoms with van der Waals surface area (Å²) in [5.74, 6) is -7.47. The van der Waals surface area contributed by atoms with Crippen LogP contribution in [-0.4, -0.2) is 57.2 Å². The molecule has 1 aromatic rings. The van der Waals surface area contributed by atoms with Gasteiger partial charge in [-0.3, -0.25) is 14.4 Å². The SMILES string of the molecule is COC(=O)C1=CN(Cc2ccccc2)C=C[C@H](C(=O)OC)[C@@H]1C(C(=O)OC)C(=O)OC. The van der Waals surface area contributed by atoms with Gasteiger partial charge < -0.3 is 23.8 Å². The zero-order valence-electron chi connectivity index (χ0n) is 17.8. The summed E-state index contributed by atoms with van der Waals surface area (Å²) in [6, 6.07) is 9.40. The third-order valence-electron chi connectivity index (χ3n) is 4.91. The molecule has 1 aliphatic rings. The van der Waals surface area contributed by atoms with Gasteiger partial charge in [0.25, 0.3) is 0 Å². The highest BCUT2D eigenvalue weighted by molar-refractivity contribution is 6.00. The number of hydrogen-bond donors (Lipinski definition) is 0. The van der Waals surface area contributed by atoms with Crippen LogP contribution in [0.25, 0.3) is 0 Å². The molecule has 0 aromatic heterocycles. The molecule has 9 heteroatoms. The molecule has 0 fully saturated rings. The largest absolute Gasteiger partial charge is 0.469 e. The summed E-state index contributed by atoms with van der Waals surface area (Å²) in [6.07, 6.45) is 4.51. The third kappa shape index (κ3) is 5.50.